The predicted octanol–water partition coefficient (Wildman–Crippen LogP) is 3.42. The fraction of sp³-hybridized carbons (Fsp3) is 0.158. The molecule has 2 amide bonds. The third-order valence-corrected chi connectivity index (χ3v) is 4.98. The number of hydrogen-bond acceptors (Lipinski definition) is 7. The van der Waals surface area contributed by atoms with E-state index in [-0.39, 0.29) is 41.4 Å². The maximum atomic E-state index is 12.2. The van der Waals surface area contributed by atoms with E-state index in [1.54, 1.807) is 13.0 Å². The van der Waals surface area contributed by atoms with Crippen molar-refractivity contribution in [3.05, 3.63) is 73.6 Å². The first kappa shape index (κ1) is 22.2. The standard InChI is InChI=1S/C19H15Cl2N5O5/c1-10-12(3-2-4-15(10)26(29)30)16-24-19(31-25-16)18(28)23-8-7-22-17(27)11-5-6-13(20)14(21)9-11/h2-6,9H,7-8H2,1H3,(H,22,27)(H,23,28). The minimum Gasteiger partial charge on any atom is -0.350 e. The molecule has 3 rings (SSSR count). The van der Waals surface area contributed by atoms with Crippen LogP contribution in [0, 0.1) is 17.0 Å². The molecular formula is C19H15Cl2N5O5. The van der Waals surface area contributed by atoms with E-state index < -0.39 is 10.8 Å². The van der Waals surface area contributed by atoms with E-state index in [2.05, 4.69) is 20.8 Å². The number of rotatable bonds is 7. The second-order valence-corrected chi connectivity index (χ2v) is 7.09. The molecule has 0 saturated carbocycles. The van der Waals surface area contributed by atoms with E-state index in [4.69, 9.17) is 27.7 Å². The van der Waals surface area contributed by atoms with E-state index in [0.717, 1.165) is 0 Å². The zero-order valence-electron chi connectivity index (χ0n) is 16.0. The quantitative estimate of drug-likeness (QED) is 0.310. The summed E-state index contributed by atoms with van der Waals surface area (Å²) in [5, 5.41) is 20.5. The van der Waals surface area contributed by atoms with Gasteiger partial charge < -0.3 is 15.2 Å². The topological polar surface area (TPSA) is 140 Å². The molecule has 31 heavy (non-hydrogen) atoms. The predicted molar refractivity (Wildman–Crippen MR) is 112 cm³/mol. The molecule has 0 fully saturated rings. The van der Waals surface area contributed by atoms with Crippen LogP contribution in [0.2, 0.25) is 10.0 Å². The molecule has 2 N–H and O–H groups in total. The van der Waals surface area contributed by atoms with Gasteiger partial charge in [-0.1, -0.05) is 40.5 Å². The summed E-state index contributed by atoms with van der Waals surface area (Å²) >= 11 is 11.7. The molecule has 0 spiro atoms. The van der Waals surface area contributed by atoms with Gasteiger partial charge in [0.1, 0.15) is 0 Å². The van der Waals surface area contributed by atoms with Gasteiger partial charge in [-0.3, -0.25) is 19.7 Å². The zero-order chi connectivity index (χ0) is 22.5. The molecule has 12 heteroatoms. The summed E-state index contributed by atoms with van der Waals surface area (Å²) in [7, 11) is 0. The lowest BCUT2D eigenvalue weighted by atomic mass is 10.1. The average molecular weight is 464 g/mol. The van der Waals surface area contributed by atoms with Gasteiger partial charge in [0.2, 0.25) is 5.82 Å². The largest absolute Gasteiger partial charge is 0.350 e. The van der Waals surface area contributed by atoms with Crippen molar-refractivity contribution in [2.75, 3.05) is 13.1 Å². The van der Waals surface area contributed by atoms with Crippen molar-refractivity contribution >= 4 is 40.7 Å². The lowest BCUT2D eigenvalue weighted by Gasteiger charge is -2.06. The second kappa shape index (κ2) is 9.54. The summed E-state index contributed by atoms with van der Waals surface area (Å²) < 4.78 is 4.95. The molecule has 2 aromatic carbocycles. The minimum atomic E-state index is -0.648. The summed E-state index contributed by atoms with van der Waals surface area (Å²) in [6.07, 6.45) is 0. The van der Waals surface area contributed by atoms with Crippen LogP contribution in [0.4, 0.5) is 5.69 Å². The van der Waals surface area contributed by atoms with Crippen LogP contribution in [0.3, 0.4) is 0 Å². The maximum absolute atomic E-state index is 12.2. The van der Waals surface area contributed by atoms with E-state index in [9.17, 15) is 19.7 Å². The second-order valence-electron chi connectivity index (χ2n) is 6.27. The smallest absolute Gasteiger partial charge is 0.316 e. The molecule has 0 saturated heterocycles. The van der Waals surface area contributed by atoms with E-state index in [1.165, 1.54) is 30.3 Å². The normalized spacial score (nSPS) is 10.5. The molecule has 0 unspecified atom stereocenters. The number of amides is 2. The Morgan fingerprint density at radius 2 is 1.81 bits per heavy atom. The number of benzene rings is 2. The highest BCUT2D eigenvalue weighted by Crippen LogP contribution is 2.27. The summed E-state index contributed by atoms with van der Waals surface area (Å²) in [5.41, 5.74) is 0.969. The summed E-state index contributed by atoms with van der Waals surface area (Å²) in [6.45, 7) is 1.79. The molecule has 3 aromatic rings. The van der Waals surface area contributed by atoms with Crippen LogP contribution in [0.1, 0.15) is 26.6 Å². The summed E-state index contributed by atoms with van der Waals surface area (Å²) in [4.78, 5) is 38.8. The van der Waals surface area contributed by atoms with E-state index in [1.807, 2.05) is 0 Å². The highest BCUT2D eigenvalue weighted by molar-refractivity contribution is 6.42. The Morgan fingerprint density at radius 3 is 2.48 bits per heavy atom. The lowest BCUT2D eigenvalue weighted by molar-refractivity contribution is -0.385. The van der Waals surface area contributed by atoms with Crippen molar-refractivity contribution in [3.63, 3.8) is 0 Å². The minimum absolute atomic E-state index is 0.0549. The molecule has 160 valence electrons. The highest BCUT2D eigenvalue weighted by atomic mass is 35.5. The van der Waals surface area contributed by atoms with Gasteiger partial charge in [0.15, 0.2) is 0 Å². The van der Waals surface area contributed by atoms with Crippen molar-refractivity contribution in [1.82, 2.24) is 20.8 Å². The number of carbonyl (C=O) groups is 2. The molecule has 0 aliphatic rings. The third-order valence-electron chi connectivity index (χ3n) is 4.24. The lowest BCUT2D eigenvalue weighted by Crippen LogP contribution is -2.34. The van der Waals surface area contributed by atoms with Crippen molar-refractivity contribution in [2.24, 2.45) is 0 Å². The first-order valence-corrected chi connectivity index (χ1v) is 9.63. The van der Waals surface area contributed by atoms with Crippen LogP contribution in [-0.4, -0.2) is 40.0 Å². The van der Waals surface area contributed by atoms with Gasteiger partial charge in [-0.2, -0.15) is 4.98 Å². The maximum Gasteiger partial charge on any atom is 0.316 e. The Hall–Kier alpha value is -3.50. The van der Waals surface area contributed by atoms with E-state index >= 15 is 0 Å². The summed E-state index contributed by atoms with van der Waals surface area (Å²) in [5.74, 6) is -1.28. The number of carbonyl (C=O) groups excluding carboxylic acids is 2. The van der Waals surface area contributed by atoms with Gasteiger partial charge in [-0.05, 0) is 25.1 Å². The Bertz CT molecular complexity index is 1160. The zero-order valence-corrected chi connectivity index (χ0v) is 17.5. The van der Waals surface area contributed by atoms with Crippen LogP contribution in [0.25, 0.3) is 11.4 Å². The van der Waals surface area contributed by atoms with Gasteiger partial charge in [0.05, 0.1) is 15.0 Å². The van der Waals surface area contributed by atoms with Gasteiger partial charge in [0.25, 0.3) is 11.6 Å². The molecular weight excluding hydrogens is 449 g/mol. The van der Waals surface area contributed by atoms with E-state index in [0.29, 0.717) is 21.7 Å². The number of halogens is 2. The third kappa shape index (κ3) is 5.16. The number of nitro benzene ring substituents is 1. The monoisotopic (exact) mass is 463 g/mol. The Kier molecular flexibility index (Phi) is 6.83. The van der Waals surface area contributed by atoms with Crippen LogP contribution in [0.5, 0.6) is 0 Å². The van der Waals surface area contributed by atoms with Crippen molar-refractivity contribution in [2.45, 2.75) is 6.92 Å². The number of nitrogens with zero attached hydrogens (tertiary/aromatic N) is 3. The van der Waals surface area contributed by atoms with Crippen LogP contribution in [0.15, 0.2) is 40.9 Å². The molecule has 1 aromatic heterocycles. The van der Waals surface area contributed by atoms with Crippen LogP contribution >= 0.6 is 23.2 Å². The van der Waals surface area contributed by atoms with Gasteiger partial charge in [-0.25, -0.2) is 0 Å². The number of nitro groups is 1. The number of nitrogens with one attached hydrogen (secondary N) is 2. The molecule has 1 heterocycles. The van der Waals surface area contributed by atoms with Crippen LogP contribution in [-0.2, 0) is 0 Å². The molecule has 0 aliphatic carbocycles. The fourth-order valence-corrected chi connectivity index (χ4v) is 2.95. The van der Waals surface area contributed by atoms with Gasteiger partial charge >= 0.3 is 11.8 Å². The molecule has 0 radical (unpaired) electrons. The number of aromatic nitrogens is 2. The van der Waals surface area contributed by atoms with Gasteiger partial charge in [0, 0.05) is 35.8 Å². The highest BCUT2D eigenvalue weighted by Gasteiger charge is 2.20. The molecule has 10 nitrogen and oxygen atoms in total. The SMILES string of the molecule is Cc1c(-c2noc(C(=O)NCCNC(=O)c3ccc(Cl)c(Cl)c3)n2)cccc1[N+](=O)[O-]. The molecule has 0 atom stereocenters. The van der Waals surface area contributed by atoms with Crippen LogP contribution < -0.4 is 10.6 Å². The number of hydrogen-bond donors (Lipinski definition) is 2. The van der Waals surface area contributed by atoms with Crippen molar-refractivity contribution < 1.29 is 19.0 Å². The Balaban J connectivity index is 1.56. The molecule has 0 aliphatic heterocycles. The summed E-state index contributed by atoms with van der Waals surface area (Å²) in [6, 6.07) is 8.92. The van der Waals surface area contributed by atoms with Crippen molar-refractivity contribution in [3.8, 4) is 11.4 Å². The van der Waals surface area contributed by atoms with Gasteiger partial charge in [-0.15, -0.1) is 0 Å². The van der Waals surface area contributed by atoms with Crippen molar-refractivity contribution in [1.29, 1.82) is 0 Å². The first-order valence-electron chi connectivity index (χ1n) is 8.87. The molecule has 0 bridgehead atoms. The fourth-order valence-electron chi connectivity index (χ4n) is 2.66. The Labute approximate surface area is 185 Å². The average Bonchev–Trinajstić information content (AvgIpc) is 3.23. The first-order chi connectivity index (χ1) is 14.8. The Morgan fingerprint density at radius 1 is 1.10 bits per heavy atom.